The van der Waals surface area contributed by atoms with Gasteiger partial charge in [-0.15, -0.1) is 0 Å². The number of pyridine rings is 1. The second-order valence-electron chi connectivity index (χ2n) is 7.61. The average Bonchev–Trinajstić information content (AvgIpc) is 3.01. The van der Waals surface area contributed by atoms with Crippen molar-refractivity contribution in [1.29, 1.82) is 0 Å². The maximum absolute atomic E-state index is 13.1. The highest BCUT2D eigenvalue weighted by Gasteiger charge is 2.40. The van der Waals surface area contributed by atoms with Gasteiger partial charge in [0, 0.05) is 16.5 Å². The Balaban J connectivity index is 1.66. The zero-order valence-corrected chi connectivity index (χ0v) is 16.5. The minimum Gasteiger partial charge on any atom is -0.342 e. The molecule has 1 aliphatic rings. The van der Waals surface area contributed by atoms with E-state index in [-0.39, 0.29) is 17.5 Å². The maximum atomic E-state index is 13.1. The zero-order valence-electron chi connectivity index (χ0n) is 15.8. The van der Waals surface area contributed by atoms with Crippen molar-refractivity contribution in [3.8, 4) is 0 Å². The molecular weight excluding hydrogens is 360 g/mol. The number of aromatic nitrogens is 3. The molecule has 0 spiro atoms. The Bertz CT molecular complexity index is 1000. The Morgan fingerprint density at radius 3 is 2.56 bits per heavy atom. The van der Waals surface area contributed by atoms with Gasteiger partial charge in [0.05, 0.1) is 23.0 Å². The van der Waals surface area contributed by atoms with Gasteiger partial charge >= 0.3 is 0 Å². The number of carbonyl (C=O) groups excluding carboxylic acids is 1. The van der Waals surface area contributed by atoms with Crippen molar-refractivity contribution < 1.29 is 4.79 Å². The molecule has 0 bridgehead atoms. The van der Waals surface area contributed by atoms with Gasteiger partial charge in [0.2, 0.25) is 0 Å². The Hall–Kier alpha value is -2.40. The number of halogens is 1. The highest BCUT2D eigenvalue weighted by atomic mass is 35.5. The molecule has 6 heteroatoms. The standard InChI is InChI=1S/C21H23ClN4O/c1-13(2)26-19-15(12-23-26)11-18(14(3)24-19)20(27)25-21(9-4-10-21)16-5-7-17(22)8-6-16/h5-8,11-13H,4,9-10H2,1-3H3,(H,25,27). The van der Waals surface area contributed by atoms with Gasteiger partial charge in [-0.1, -0.05) is 23.7 Å². The Morgan fingerprint density at radius 1 is 1.26 bits per heavy atom. The lowest BCUT2D eigenvalue weighted by molar-refractivity contribution is 0.0822. The minimum absolute atomic E-state index is 0.0890. The van der Waals surface area contributed by atoms with Crippen molar-refractivity contribution in [3.63, 3.8) is 0 Å². The van der Waals surface area contributed by atoms with Crippen molar-refractivity contribution in [2.24, 2.45) is 0 Å². The molecule has 1 aliphatic carbocycles. The fraction of sp³-hybridized carbons (Fsp3) is 0.381. The summed E-state index contributed by atoms with van der Waals surface area (Å²) in [6.45, 7) is 6.01. The van der Waals surface area contributed by atoms with Crippen molar-refractivity contribution >= 4 is 28.5 Å². The van der Waals surface area contributed by atoms with Crippen LogP contribution in [0.15, 0.2) is 36.5 Å². The van der Waals surface area contributed by atoms with E-state index in [9.17, 15) is 4.79 Å². The number of aryl methyl sites for hydroxylation is 1. The third kappa shape index (κ3) is 3.10. The third-order valence-electron chi connectivity index (χ3n) is 5.45. The van der Waals surface area contributed by atoms with Crippen LogP contribution < -0.4 is 5.32 Å². The molecule has 27 heavy (non-hydrogen) atoms. The summed E-state index contributed by atoms with van der Waals surface area (Å²) in [5, 5.41) is 9.26. The lowest BCUT2D eigenvalue weighted by Crippen LogP contribution is -2.50. The lowest BCUT2D eigenvalue weighted by atomic mass is 9.71. The summed E-state index contributed by atoms with van der Waals surface area (Å²) < 4.78 is 1.88. The van der Waals surface area contributed by atoms with E-state index in [1.165, 1.54) is 0 Å². The molecule has 5 nitrogen and oxygen atoms in total. The van der Waals surface area contributed by atoms with Gasteiger partial charge in [-0.05, 0) is 63.8 Å². The van der Waals surface area contributed by atoms with Gasteiger partial charge in [-0.3, -0.25) is 4.79 Å². The number of amides is 1. The van der Waals surface area contributed by atoms with E-state index in [0.29, 0.717) is 16.3 Å². The van der Waals surface area contributed by atoms with Crippen molar-refractivity contribution in [1.82, 2.24) is 20.1 Å². The number of hydrogen-bond acceptors (Lipinski definition) is 3. The molecule has 0 aliphatic heterocycles. The van der Waals surface area contributed by atoms with Crippen molar-refractivity contribution in [3.05, 3.63) is 58.4 Å². The highest BCUT2D eigenvalue weighted by Crippen LogP contribution is 2.41. The van der Waals surface area contributed by atoms with Crippen LogP contribution in [-0.2, 0) is 5.54 Å². The SMILES string of the molecule is Cc1nc2c(cnn2C(C)C)cc1C(=O)NC1(c2ccc(Cl)cc2)CCC1. The summed E-state index contributed by atoms with van der Waals surface area (Å²) in [5.41, 5.74) is 2.92. The first-order valence-corrected chi connectivity index (χ1v) is 9.71. The van der Waals surface area contributed by atoms with Crippen LogP contribution in [0.1, 0.15) is 60.8 Å². The van der Waals surface area contributed by atoms with Crippen LogP contribution in [0.5, 0.6) is 0 Å². The molecule has 1 saturated carbocycles. The first-order valence-electron chi connectivity index (χ1n) is 9.33. The number of hydrogen-bond donors (Lipinski definition) is 1. The fourth-order valence-electron chi connectivity index (χ4n) is 3.74. The molecular formula is C21H23ClN4O. The Labute approximate surface area is 163 Å². The van der Waals surface area contributed by atoms with Crippen molar-refractivity contribution in [2.45, 2.75) is 51.6 Å². The third-order valence-corrected chi connectivity index (χ3v) is 5.70. The molecule has 1 N–H and O–H groups in total. The normalized spacial score (nSPS) is 15.7. The van der Waals surface area contributed by atoms with Gasteiger partial charge in [0.25, 0.3) is 5.91 Å². The number of carbonyl (C=O) groups is 1. The maximum Gasteiger partial charge on any atom is 0.253 e. The Morgan fingerprint density at radius 2 is 1.96 bits per heavy atom. The van der Waals surface area contributed by atoms with E-state index in [1.54, 1.807) is 6.20 Å². The predicted molar refractivity (Wildman–Crippen MR) is 107 cm³/mol. The first kappa shape index (κ1) is 18.0. The summed E-state index contributed by atoms with van der Waals surface area (Å²) in [6.07, 6.45) is 4.73. The molecule has 1 amide bonds. The molecule has 2 aromatic heterocycles. The van der Waals surface area contributed by atoms with E-state index >= 15 is 0 Å². The minimum atomic E-state index is -0.314. The van der Waals surface area contributed by atoms with Gasteiger partial charge in [0.15, 0.2) is 5.65 Å². The van der Waals surface area contributed by atoms with Crippen LogP contribution in [0.3, 0.4) is 0 Å². The molecule has 4 rings (SSSR count). The lowest BCUT2D eigenvalue weighted by Gasteiger charge is -2.43. The van der Waals surface area contributed by atoms with Crippen LogP contribution in [0, 0.1) is 6.92 Å². The quantitative estimate of drug-likeness (QED) is 0.706. The summed E-state index contributed by atoms with van der Waals surface area (Å²) in [4.78, 5) is 17.8. The molecule has 0 radical (unpaired) electrons. The number of rotatable bonds is 4. The molecule has 0 unspecified atom stereocenters. The second-order valence-corrected chi connectivity index (χ2v) is 8.05. The summed E-state index contributed by atoms with van der Waals surface area (Å²) in [7, 11) is 0. The van der Waals surface area contributed by atoms with Crippen LogP contribution >= 0.6 is 11.6 Å². The van der Waals surface area contributed by atoms with Gasteiger partial charge in [-0.25, -0.2) is 9.67 Å². The molecule has 1 fully saturated rings. The Kier molecular flexibility index (Phi) is 4.42. The van der Waals surface area contributed by atoms with E-state index in [4.69, 9.17) is 11.6 Å². The summed E-state index contributed by atoms with van der Waals surface area (Å²) >= 11 is 6.02. The highest BCUT2D eigenvalue weighted by molar-refractivity contribution is 6.30. The smallest absolute Gasteiger partial charge is 0.253 e. The number of benzene rings is 1. The molecule has 2 heterocycles. The molecule has 140 valence electrons. The zero-order chi connectivity index (χ0) is 19.2. The predicted octanol–water partition coefficient (Wildman–Crippen LogP) is 4.78. The van der Waals surface area contributed by atoms with Gasteiger partial charge in [-0.2, -0.15) is 5.10 Å². The molecule has 3 aromatic rings. The fourth-order valence-corrected chi connectivity index (χ4v) is 3.87. The van der Waals surface area contributed by atoms with Gasteiger partial charge in [0.1, 0.15) is 0 Å². The summed E-state index contributed by atoms with van der Waals surface area (Å²) in [5.74, 6) is -0.0890. The molecule has 0 atom stereocenters. The van der Waals surface area contributed by atoms with E-state index in [2.05, 4.69) is 29.2 Å². The largest absolute Gasteiger partial charge is 0.342 e. The van der Waals surface area contributed by atoms with Crippen molar-refractivity contribution in [2.75, 3.05) is 0 Å². The van der Waals surface area contributed by atoms with Gasteiger partial charge < -0.3 is 5.32 Å². The number of fused-ring (bicyclic) bond motifs is 1. The molecule has 0 saturated heterocycles. The van der Waals surface area contributed by atoms with Crippen LogP contribution in [0.4, 0.5) is 0 Å². The topological polar surface area (TPSA) is 59.8 Å². The second kappa shape index (κ2) is 6.64. The number of nitrogens with zero attached hydrogens (tertiary/aromatic N) is 3. The van der Waals surface area contributed by atoms with E-state index < -0.39 is 0 Å². The first-order chi connectivity index (χ1) is 12.9. The van der Waals surface area contributed by atoms with E-state index in [1.807, 2.05) is 41.9 Å². The average molecular weight is 383 g/mol. The monoisotopic (exact) mass is 382 g/mol. The van der Waals surface area contributed by atoms with Crippen LogP contribution in [-0.4, -0.2) is 20.7 Å². The van der Waals surface area contributed by atoms with E-state index in [0.717, 1.165) is 35.9 Å². The summed E-state index contributed by atoms with van der Waals surface area (Å²) in [6, 6.07) is 9.88. The van der Waals surface area contributed by atoms with Crippen LogP contribution in [0.2, 0.25) is 5.02 Å². The number of nitrogens with one attached hydrogen (secondary N) is 1. The van der Waals surface area contributed by atoms with Crippen LogP contribution in [0.25, 0.3) is 11.0 Å². The molecule has 1 aromatic carbocycles.